The van der Waals surface area contributed by atoms with Crippen molar-refractivity contribution in [2.24, 2.45) is 5.41 Å². The lowest BCUT2D eigenvalue weighted by molar-refractivity contribution is -0.138. The summed E-state index contributed by atoms with van der Waals surface area (Å²) in [7, 11) is 0. The van der Waals surface area contributed by atoms with Gasteiger partial charge in [0.1, 0.15) is 11.6 Å². The third-order valence-corrected chi connectivity index (χ3v) is 8.73. The summed E-state index contributed by atoms with van der Waals surface area (Å²) >= 11 is 0. The lowest BCUT2D eigenvalue weighted by atomic mass is 9.79. The van der Waals surface area contributed by atoms with Crippen LogP contribution in [0.25, 0.3) is 0 Å². The van der Waals surface area contributed by atoms with Crippen LogP contribution in [0.15, 0.2) is 24.3 Å². The van der Waals surface area contributed by atoms with Crippen LogP contribution in [-0.2, 0) is 9.59 Å². The highest BCUT2D eigenvalue weighted by atomic mass is 16.2. The van der Waals surface area contributed by atoms with Crippen molar-refractivity contribution in [3.8, 4) is 0 Å². The molecule has 41 heavy (non-hydrogen) atoms. The zero-order valence-electron chi connectivity index (χ0n) is 28.4. The molecule has 0 rings (SSSR count). The highest BCUT2D eigenvalue weighted by Crippen LogP contribution is 2.25. The van der Waals surface area contributed by atoms with E-state index in [2.05, 4.69) is 38.2 Å². The molecule has 0 aliphatic rings. The minimum absolute atomic E-state index is 0.146. The largest absolute Gasteiger partial charge is 0.299 e. The van der Waals surface area contributed by atoms with E-state index < -0.39 is 5.41 Å². The number of rotatable bonds is 32. The maximum atomic E-state index is 12.8. The van der Waals surface area contributed by atoms with Crippen LogP contribution >= 0.6 is 0 Å². The van der Waals surface area contributed by atoms with Crippen molar-refractivity contribution in [3.05, 3.63) is 24.3 Å². The van der Waals surface area contributed by atoms with Crippen molar-refractivity contribution in [3.63, 3.8) is 0 Å². The van der Waals surface area contributed by atoms with Gasteiger partial charge in [-0.25, -0.2) is 0 Å². The number of hydrogen-bond donors (Lipinski definition) is 0. The number of carbonyl (C=O) groups is 2. The molecule has 0 fully saturated rings. The van der Waals surface area contributed by atoms with E-state index in [1.807, 2.05) is 13.8 Å². The maximum absolute atomic E-state index is 12.8. The van der Waals surface area contributed by atoms with Crippen LogP contribution in [0.2, 0.25) is 0 Å². The molecular formula is C39H72O2. The topological polar surface area (TPSA) is 34.1 Å². The van der Waals surface area contributed by atoms with Crippen LogP contribution < -0.4 is 0 Å². The minimum atomic E-state index is -0.804. The van der Waals surface area contributed by atoms with Crippen molar-refractivity contribution < 1.29 is 9.59 Å². The Morgan fingerprint density at radius 1 is 0.390 bits per heavy atom. The molecule has 0 heterocycles. The summed E-state index contributed by atoms with van der Waals surface area (Å²) in [5.41, 5.74) is -0.804. The quantitative estimate of drug-likeness (QED) is 0.0456. The summed E-state index contributed by atoms with van der Waals surface area (Å²) in [6, 6.07) is 0. The number of carbonyl (C=O) groups excluding carboxylic acids is 2. The molecule has 0 radical (unpaired) electrons. The first-order valence-corrected chi connectivity index (χ1v) is 18.3. The third-order valence-electron chi connectivity index (χ3n) is 8.73. The van der Waals surface area contributed by atoms with E-state index in [4.69, 9.17) is 0 Å². The van der Waals surface area contributed by atoms with Gasteiger partial charge >= 0.3 is 0 Å². The van der Waals surface area contributed by atoms with Gasteiger partial charge in [-0.2, -0.15) is 0 Å². The molecule has 2 heteroatoms. The number of allylic oxidation sites excluding steroid dienone is 4. The van der Waals surface area contributed by atoms with Crippen LogP contribution in [0.3, 0.4) is 0 Å². The number of Topliss-reactive ketones (excluding diaryl/α,β-unsaturated/α-hetero) is 2. The summed E-state index contributed by atoms with van der Waals surface area (Å²) in [6.07, 6.45) is 43.3. The van der Waals surface area contributed by atoms with Crippen LogP contribution in [0.5, 0.6) is 0 Å². The summed E-state index contributed by atoms with van der Waals surface area (Å²) in [6.45, 7) is 8.25. The summed E-state index contributed by atoms with van der Waals surface area (Å²) in [5, 5.41) is 0. The number of unbranched alkanes of at least 4 members (excludes halogenated alkanes) is 22. The Bertz CT molecular complexity index is 588. The average molecular weight is 573 g/mol. The van der Waals surface area contributed by atoms with E-state index >= 15 is 0 Å². The van der Waals surface area contributed by atoms with Gasteiger partial charge < -0.3 is 0 Å². The first-order valence-electron chi connectivity index (χ1n) is 18.3. The zero-order valence-corrected chi connectivity index (χ0v) is 28.4. The van der Waals surface area contributed by atoms with Crippen LogP contribution in [0.1, 0.15) is 207 Å². The Morgan fingerprint density at radius 2 is 0.634 bits per heavy atom. The fourth-order valence-corrected chi connectivity index (χ4v) is 5.49. The summed E-state index contributed by atoms with van der Waals surface area (Å²) in [5.74, 6) is 0.292. The highest BCUT2D eigenvalue weighted by Gasteiger charge is 2.33. The van der Waals surface area contributed by atoms with Crippen molar-refractivity contribution in [2.75, 3.05) is 0 Å². The van der Waals surface area contributed by atoms with Gasteiger partial charge in [0.2, 0.25) is 0 Å². The molecule has 0 aromatic heterocycles. The Morgan fingerprint density at radius 3 is 0.927 bits per heavy atom. The Hall–Kier alpha value is -1.18. The molecule has 0 bridgehead atoms. The van der Waals surface area contributed by atoms with Gasteiger partial charge in [-0.3, -0.25) is 9.59 Å². The first kappa shape index (κ1) is 39.8. The van der Waals surface area contributed by atoms with Gasteiger partial charge in [-0.15, -0.1) is 0 Å². The molecule has 0 aliphatic heterocycles. The average Bonchev–Trinajstić information content (AvgIpc) is 2.96. The monoisotopic (exact) mass is 573 g/mol. The first-order chi connectivity index (χ1) is 20.0. The van der Waals surface area contributed by atoms with E-state index in [0.717, 1.165) is 25.7 Å². The minimum Gasteiger partial charge on any atom is -0.299 e. The summed E-state index contributed by atoms with van der Waals surface area (Å²) < 4.78 is 0. The zero-order chi connectivity index (χ0) is 30.3. The second-order valence-corrected chi connectivity index (χ2v) is 13.1. The lowest BCUT2D eigenvalue weighted by Crippen LogP contribution is -2.33. The third kappa shape index (κ3) is 26.2. The molecule has 0 aromatic carbocycles. The maximum Gasteiger partial charge on any atom is 0.145 e. The molecule has 0 aromatic rings. The van der Waals surface area contributed by atoms with E-state index in [9.17, 15) is 9.59 Å². The van der Waals surface area contributed by atoms with Crippen LogP contribution in [0, 0.1) is 5.41 Å². The van der Waals surface area contributed by atoms with Gasteiger partial charge in [-0.1, -0.05) is 141 Å². The highest BCUT2D eigenvalue weighted by molar-refractivity contribution is 6.06. The van der Waals surface area contributed by atoms with Crippen molar-refractivity contribution >= 4 is 11.6 Å². The van der Waals surface area contributed by atoms with Gasteiger partial charge in [-0.05, 0) is 78.1 Å². The molecule has 0 unspecified atom stereocenters. The molecule has 2 nitrogen and oxygen atoms in total. The lowest BCUT2D eigenvalue weighted by Gasteiger charge is -2.21. The molecule has 0 atom stereocenters. The van der Waals surface area contributed by atoms with E-state index in [1.54, 1.807) is 0 Å². The molecule has 240 valence electrons. The fraction of sp³-hybridized carbons (Fsp3) is 0.846. The second-order valence-electron chi connectivity index (χ2n) is 13.1. The molecule has 0 amide bonds. The van der Waals surface area contributed by atoms with E-state index in [-0.39, 0.29) is 11.6 Å². The molecule has 0 N–H and O–H groups in total. The van der Waals surface area contributed by atoms with E-state index in [1.165, 1.54) is 141 Å². The van der Waals surface area contributed by atoms with Gasteiger partial charge in [0, 0.05) is 12.8 Å². The molecular weight excluding hydrogens is 500 g/mol. The van der Waals surface area contributed by atoms with Gasteiger partial charge in [0.25, 0.3) is 0 Å². The number of ketones is 2. The Labute approximate surface area is 258 Å². The molecule has 0 saturated carbocycles. The molecule has 0 aliphatic carbocycles. The van der Waals surface area contributed by atoms with Crippen LogP contribution in [-0.4, -0.2) is 11.6 Å². The predicted octanol–water partition coefficient (Wildman–Crippen LogP) is 13.2. The Kier molecular flexibility index (Phi) is 29.4. The molecule has 0 saturated heterocycles. The van der Waals surface area contributed by atoms with Crippen molar-refractivity contribution in [1.29, 1.82) is 0 Å². The van der Waals surface area contributed by atoms with Crippen molar-refractivity contribution in [2.45, 2.75) is 207 Å². The summed E-state index contributed by atoms with van der Waals surface area (Å²) in [4.78, 5) is 25.5. The van der Waals surface area contributed by atoms with Crippen molar-refractivity contribution in [1.82, 2.24) is 0 Å². The normalized spacial score (nSPS) is 12.2. The second kappa shape index (κ2) is 30.3. The van der Waals surface area contributed by atoms with Crippen LogP contribution in [0.4, 0.5) is 0 Å². The molecule has 0 spiro atoms. The fourth-order valence-electron chi connectivity index (χ4n) is 5.49. The Balaban J connectivity index is 3.65. The predicted molar refractivity (Wildman–Crippen MR) is 183 cm³/mol. The number of hydrogen-bond acceptors (Lipinski definition) is 2. The standard InChI is InChI=1S/C39H72O2/c1-5-7-9-11-13-15-17-19-21-23-25-27-29-31-33-35-37(40)39(3,4)38(41)36-34-32-30-28-26-24-22-20-18-16-14-12-10-8-6-2/h19-22H,5-18,23-36H2,1-4H3/b21-19-,22-20-. The van der Waals surface area contributed by atoms with Gasteiger partial charge in [0.05, 0.1) is 5.41 Å². The van der Waals surface area contributed by atoms with E-state index in [0.29, 0.717) is 12.8 Å². The smallest absolute Gasteiger partial charge is 0.145 e. The van der Waals surface area contributed by atoms with Gasteiger partial charge in [0.15, 0.2) is 0 Å². The SMILES string of the molecule is CCCCCCCC/C=C\CCCCCCCC(=O)C(C)(C)C(=O)CCCCCCC/C=C\CCCCCCCC.